The van der Waals surface area contributed by atoms with E-state index < -0.39 is 0 Å². The Morgan fingerprint density at radius 3 is 2.72 bits per heavy atom. The topological polar surface area (TPSA) is 72.9 Å². The molecule has 1 heterocycles. The lowest BCUT2D eigenvalue weighted by Crippen LogP contribution is -2.15. The molecule has 1 aliphatic rings. The quantitative estimate of drug-likeness (QED) is 0.788. The van der Waals surface area contributed by atoms with Gasteiger partial charge in [-0.3, -0.25) is 9.48 Å². The number of hydrogen-bond donors (Lipinski definition) is 2. The summed E-state index contributed by atoms with van der Waals surface area (Å²) in [6.07, 6.45) is 7.36. The summed E-state index contributed by atoms with van der Waals surface area (Å²) in [6, 6.07) is 9.71. The number of aromatic nitrogens is 2. The zero-order valence-electron chi connectivity index (χ0n) is 14.7. The van der Waals surface area contributed by atoms with E-state index >= 15 is 0 Å². The normalized spacial score (nSPS) is 14.8. The molecule has 1 aromatic heterocycles. The summed E-state index contributed by atoms with van der Waals surface area (Å²) in [5.41, 5.74) is 8.79. The van der Waals surface area contributed by atoms with Gasteiger partial charge in [0.05, 0.1) is 5.69 Å². The van der Waals surface area contributed by atoms with Crippen LogP contribution in [0.1, 0.15) is 55.7 Å². The van der Waals surface area contributed by atoms with Crippen LogP contribution in [0.4, 0.5) is 11.5 Å². The fraction of sp³-hybridized carbons (Fsp3) is 0.474. The minimum Gasteiger partial charge on any atom is -0.399 e. The van der Waals surface area contributed by atoms with Crippen LogP contribution < -0.4 is 11.1 Å². The van der Waals surface area contributed by atoms with Crippen LogP contribution >= 0.6 is 12.4 Å². The first kappa shape index (κ1) is 19.3. The molecule has 1 aromatic carbocycles. The van der Waals surface area contributed by atoms with Crippen molar-refractivity contribution in [3.63, 3.8) is 0 Å². The number of halogens is 1. The van der Waals surface area contributed by atoms with Crippen molar-refractivity contribution in [3.8, 4) is 0 Å². The van der Waals surface area contributed by atoms with Crippen LogP contribution in [0.15, 0.2) is 30.3 Å². The van der Waals surface area contributed by atoms with Crippen LogP contribution in [-0.4, -0.2) is 15.7 Å². The number of nitrogens with zero attached hydrogens (tertiary/aromatic N) is 2. The number of nitrogen functional groups attached to an aromatic ring is 1. The monoisotopic (exact) mass is 362 g/mol. The predicted octanol–water partition coefficient (Wildman–Crippen LogP) is 4.04. The van der Waals surface area contributed by atoms with Crippen molar-refractivity contribution >= 4 is 29.8 Å². The van der Waals surface area contributed by atoms with Gasteiger partial charge in [0.15, 0.2) is 0 Å². The SMILES string of the molecule is Cl.Cn1nc(C2CCCCC2)cc1NC(=O)CCc1ccccc1N. The summed E-state index contributed by atoms with van der Waals surface area (Å²) in [5, 5.41) is 7.58. The van der Waals surface area contributed by atoms with Crippen molar-refractivity contribution in [2.75, 3.05) is 11.1 Å². The van der Waals surface area contributed by atoms with Crippen molar-refractivity contribution in [2.24, 2.45) is 7.05 Å². The Bertz CT molecular complexity index is 707. The lowest BCUT2D eigenvalue weighted by molar-refractivity contribution is -0.116. The average molecular weight is 363 g/mol. The summed E-state index contributed by atoms with van der Waals surface area (Å²) in [7, 11) is 1.89. The second-order valence-electron chi connectivity index (χ2n) is 6.66. The number of nitrogens with one attached hydrogen (secondary N) is 1. The lowest BCUT2D eigenvalue weighted by Gasteiger charge is -2.19. The minimum absolute atomic E-state index is 0. The van der Waals surface area contributed by atoms with Crippen molar-refractivity contribution in [3.05, 3.63) is 41.6 Å². The van der Waals surface area contributed by atoms with Gasteiger partial charge in [-0.05, 0) is 30.9 Å². The third kappa shape index (κ3) is 4.98. The fourth-order valence-corrected chi connectivity index (χ4v) is 3.42. The van der Waals surface area contributed by atoms with Gasteiger partial charge in [0.1, 0.15) is 5.82 Å². The minimum atomic E-state index is -0.00329. The highest BCUT2D eigenvalue weighted by Crippen LogP contribution is 2.32. The predicted molar refractivity (Wildman–Crippen MR) is 104 cm³/mol. The number of benzene rings is 1. The van der Waals surface area contributed by atoms with Gasteiger partial charge in [0.25, 0.3) is 0 Å². The molecule has 0 unspecified atom stereocenters. The summed E-state index contributed by atoms with van der Waals surface area (Å²) >= 11 is 0. The highest BCUT2D eigenvalue weighted by atomic mass is 35.5. The Balaban J connectivity index is 0.00000225. The highest BCUT2D eigenvalue weighted by Gasteiger charge is 2.19. The number of aryl methyl sites for hydroxylation is 2. The molecule has 25 heavy (non-hydrogen) atoms. The van der Waals surface area contributed by atoms with Gasteiger partial charge >= 0.3 is 0 Å². The Morgan fingerprint density at radius 2 is 2.00 bits per heavy atom. The molecule has 3 N–H and O–H groups in total. The molecule has 0 radical (unpaired) electrons. The molecular formula is C19H27ClN4O. The second kappa shape index (κ2) is 8.90. The van der Waals surface area contributed by atoms with E-state index in [4.69, 9.17) is 5.73 Å². The van der Waals surface area contributed by atoms with Crippen molar-refractivity contribution in [1.82, 2.24) is 9.78 Å². The van der Waals surface area contributed by atoms with Crippen LogP contribution in [0.3, 0.4) is 0 Å². The Morgan fingerprint density at radius 1 is 1.28 bits per heavy atom. The lowest BCUT2D eigenvalue weighted by atomic mass is 9.87. The first-order valence-corrected chi connectivity index (χ1v) is 8.80. The standard InChI is InChI=1S/C19H26N4O.ClH/c1-23-18(13-17(22-23)15-8-3-2-4-9-15)21-19(24)12-11-14-7-5-6-10-16(14)20;/h5-7,10,13,15H,2-4,8-9,11-12,20H2,1H3,(H,21,24);1H. The zero-order valence-corrected chi connectivity index (χ0v) is 15.5. The smallest absolute Gasteiger partial charge is 0.225 e. The number of para-hydroxylation sites is 1. The molecule has 0 saturated heterocycles. The fourth-order valence-electron chi connectivity index (χ4n) is 3.42. The van der Waals surface area contributed by atoms with Gasteiger partial charge in [-0.25, -0.2) is 0 Å². The molecule has 6 heteroatoms. The molecule has 5 nitrogen and oxygen atoms in total. The van der Waals surface area contributed by atoms with E-state index in [1.165, 1.54) is 32.1 Å². The van der Waals surface area contributed by atoms with E-state index in [-0.39, 0.29) is 18.3 Å². The Hall–Kier alpha value is -2.01. The Labute approximate surface area is 155 Å². The number of anilines is 2. The average Bonchev–Trinajstić information content (AvgIpc) is 2.96. The molecule has 1 saturated carbocycles. The molecule has 0 spiro atoms. The number of nitrogens with two attached hydrogens (primary N) is 1. The molecule has 0 atom stereocenters. The van der Waals surface area contributed by atoms with Gasteiger partial charge in [0.2, 0.25) is 5.91 Å². The number of rotatable bonds is 5. The number of carbonyl (C=O) groups is 1. The summed E-state index contributed by atoms with van der Waals surface area (Å²) < 4.78 is 1.78. The molecule has 3 rings (SSSR count). The molecule has 1 amide bonds. The molecule has 2 aromatic rings. The van der Waals surface area contributed by atoms with Gasteiger partial charge in [-0.15, -0.1) is 12.4 Å². The summed E-state index contributed by atoms with van der Waals surface area (Å²) in [4.78, 5) is 12.2. The number of amides is 1. The van der Waals surface area contributed by atoms with E-state index in [0.29, 0.717) is 18.8 Å². The van der Waals surface area contributed by atoms with Crippen molar-refractivity contribution in [1.29, 1.82) is 0 Å². The third-order valence-electron chi connectivity index (χ3n) is 4.87. The molecule has 136 valence electrons. The van der Waals surface area contributed by atoms with Gasteiger partial charge in [-0.1, -0.05) is 37.5 Å². The number of hydrogen-bond acceptors (Lipinski definition) is 3. The van der Waals surface area contributed by atoms with Gasteiger partial charge in [0, 0.05) is 31.1 Å². The maximum absolute atomic E-state index is 12.2. The van der Waals surface area contributed by atoms with Crippen molar-refractivity contribution in [2.45, 2.75) is 50.9 Å². The molecule has 1 fully saturated rings. The van der Waals surface area contributed by atoms with Gasteiger partial charge in [-0.2, -0.15) is 5.10 Å². The van der Waals surface area contributed by atoms with E-state index in [9.17, 15) is 4.79 Å². The molecule has 1 aliphatic carbocycles. The van der Waals surface area contributed by atoms with E-state index in [1.54, 1.807) is 4.68 Å². The maximum atomic E-state index is 12.2. The zero-order chi connectivity index (χ0) is 16.9. The number of carbonyl (C=O) groups excluding carboxylic acids is 1. The molecule has 0 aliphatic heterocycles. The summed E-state index contributed by atoms with van der Waals surface area (Å²) in [5.74, 6) is 1.32. The van der Waals surface area contributed by atoms with Crippen LogP contribution in [0.2, 0.25) is 0 Å². The van der Waals surface area contributed by atoms with Crippen LogP contribution in [0.25, 0.3) is 0 Å². The van der Waals surface area contributed by atoms with Gasteiger partial charge < -0.3 is 11.1 Å². The largest absolute Gasteiger partial charge is 0.399 e. The second-order valence-corrected chi connectivity index (χ2v) is 6.66. The van der Waals surface area contributed by atoms with Crippen LogP contribution in [0, 0.1) is 0 Å². The highest BCUT2D eigenvalue weighted by molar-refractivity contribution is 5.90. The first-order valence-electron chi connectivity index (χ1n) is 8.80. The molecular weight excluding hydrogens is 336 g/mol. The van der Waals surface area contributed by atoms with Crippen molar-refractivity contribution < 1.29 is 4.79 Å². The Kier molecular flexibility index (Phi) is 6.88. The summed E-state index contributed by atoms with van der Waals surface area (Å²) in [6.45, 7) is 0. The van der Waals surface area contributed by atoms with E-state index in [1.807, 2.05) is 37.4 Å². The van der Waals surface area contributed by atoms with E-state index in [0.717, 1.165) is 22.8 Å². The van der Waals surface area contributed by atoms with Crippen LogP contribution in [-0.2, 0) is 18.3 Å². The van der Waals surface area contributed by atoms with Crippen LogP contribution in [0.5, 0.6) is 0 Å². The van der Waals surface area contributed by atoms with E-state index in [2.05, 4.69) is 10.4 Å². The third-order valence-corrected chi connectivity index (χ3v) is 4.87. The molecule has 0 bridgehead atoms. The first-order chi connectivity index (χ1) is 11.6. The maximum Gasteiger partial charge on any atom is 0.225 e.